The lowest BCUT2D eigenvalue weighted by atomic mass is 9.97. The molecule has 0 aromatic heterocycles. The summed E-state index contributed by atoms with van der Waals surface area (Å²) >= 11 is 0. The van der Waals surface area contributed by atoms with Crippen molar-refractivity contribution in [1.29, 1.82) is 0 Å². The van der Waals surface area contributed by atoms with E-state index in [2.05, 4.69) is 4.72 Å². The number of hydrogen-bond acceptors (Lipinski definition) is 6. The fourth-order valence-corrected chi connectivity index (χ4v) is 6.99. The number of nitrogens with one attached hydrogen (secondary N) is 1. The van der Waals surface area contributed by atoms with Gasteiger partial charge in [-0.2, -0.15) is 0 Å². The molecule has 5 rings (SSSR count). The third kappa shape index (κ3) is 6.08. The highest BCUT2D eigenvalue weighted by Crippen LogP contribution is 2.46. The number of anilines is 1. The van der Waals surface area contributed by atoms with Gasteiger partial charge >= 0.3 is 0 Å². The van der Waals surface area contributed by atoms with Crippen molar-refractivity contribution in [3.05, 3.63) is 99.6 Å². The highest BCUT2D eigenvalue weighted by molar-refractivity contribution is 7.89. The first kappa shape index (κ1) is 30.1. The van der Waals surface area contributed by atoms with E-state index in [-0.39, 0.29) is 18.1 Å². The van der Waals surface area contributed by atoms with Crippen molar-refractivity contribution in [2.45, 2.75) is 53.3 Å². The Bertz CT molecular complexity index is 1810. The van der Waals surface area contributed by atoms with Crippen LogP contribution in [0.1, 0.15) is 57.6 Å². The van der Waals surface area contributed by atoms with Gasteiger partial charge in [0, 0.05) is 22.0 Å². The summed E-state index contributed by atoms with van der Waals surface area (Å²) < 4.78 is 40.0. The Morgan fingerprint density at radius 1 is 0.884 bits per heavy atom. The number of benzene rings is 4. The van der Waals surface area contributed by atoms with Gasteiger partial charge in [-0.3, -0.25) is 14.3 Å². The van der Waals surface area contributed by atoms with Crippen LogP contribution in [-0.4, -0.2) is 33.4 Å². The minimum absolute atomic E-state index is 0.0176. The maximum absolute atomic E-state index is 13.8. The van der Waals surface area contributed by atoms with Crippen LogP contribution in [0.5, 0.6) is 11.5 Å². The Labute approximate surface area is 252 Å². The summed E-state index contributed by atoms with van der Waals surface area (Å²) in [5, 5.41) is 1.70. The van der Waals surface area contributed by atoms with Crippen molar-refractivity contribution in [3.8, 4) is 11.5 Å². The van der Waals surface area contributed by atoms with Crippen LogP contribution in [0.2, 0.25) is 0 Å². The summed E-state index contributed by atoms with van der Waals surface area (Å²) in [5.41, 5.74) is 6.18. The number of aryl methyl sites for hydroxylation is 3. The van der Waals surface area contributed by atoms with Gasteiger partial charge in [-0.05, 0) is 69.0 Å². The third-order valence-corrected chi connectivity index (χ3v) is 8.88. The van der Waals surface area contributed by atoms with Crippen LogP contribution in [-0.2, 0) is 33.5 Å². The summed E-state index contributed by atoms with van der Waals surface area (Å²) in [6, 6.07) is 18.4. The molecule has 9 heteroatoms. The molecule has 0 spiro atoms. The van der Waals surface area contributed by atoms with Crippen molar-refractivity contribution >= 4 is 38.3 Å². The fraction of sp³-hybridized carbons (Fsp3) is 0.294. The Balaban J connectivity index is 1.35. The molecule has 4 aromatic carbocycles. The molecule has 0 bridgehead atoms. The quantitative estimate of drug-likeness (QED) is 0.243. The van der Waals surface area contributed by atoms with Gasteiger partial charge in [-0.15, -0.1) is 0 Å². The molecule has 0 fully saturated rings. The third-order valence-electron chi connectivity index (χ3n) is 7.62. The lowest BCUT2D eigenvalue weighted by Crippen LogP contribution is -2.33. The van der Waals surface area contributed by atoms with Crippen LogP contribution in [0.4, 0.5) is 5.69 Å². The van der Waals surface area contributed by atoms with E-state index in [0.717, 1.165) is 38.6 Å². The molecule has 0 saturated heterocycles. The molecule has 8 nitrogen and oxygen atoms in total. The number of hydrogen-bond donors (Lipinski definition) is 1. The Morgan fingerprint density at radius 2 is 1.47 bits per heavy atom. The van der Waals surface area contributed by atoms with Gasteiger partial charge in [0.2, 0.25) is 15.9 Å². The predicted octanol–water partition coefficient (Wildman–Crippen LogP) is 5.91. The Morgan fingerprint density at radius 3 is 2.07 bits per heavy atom. The van der Waals surface area contributed by atoms with Gasteiger partial charge in [0.25, 0.3) is 5.91 Å². The first-order valence-corrected chi connectivity index (χ1v) is 16.0. The van der Waals surface area contributed by atoms with Crippen LogP contribution >= 0.6 is 0 Å². The second kappa shape index (κ2) is 12.1. The van der Waals surface area contributed by atoms with E-state index in [0.29, 0.717) is 48.1 Å². The smallest absolute Gasteiger partial charge is 0.262 e. The van der Waals surface area contributed by atoms with Crippen LogP contribution in [0.3, 0.4) is 0 Å². The van der Waals surface area contributed by atoms with Crippen LogP contribution in [0.15, 0.2) is 60.7 Å². The van der Waals surface area contributed by atoms with Gasteiger partial charge in [-0.1, -0.05) is 54.1 Å². The van der Waals surface area contributed by atoms with Crippen LogP contribution in [0.25, 0.3) is 10.8 Å². The maximum atomic E-state index is 13.8. The topological polar surface area (TPSA) is 102 Å². The van der Waals surface area contributed by atoms with Crippen molar-refractivity contribution in [2.24, 2.45) is 0 Å². The van der Waals surface area contributed by atoms with Crippen molar-refractivity contribution in [1.82, 2.24) is 4.72 Å². The van der Waals surface area contributed by atoms with E-state index in [1.165, 1.54) is 0 Å². The molecular formula is C34H36N2O6S. The van der Waals surface area contributed by atoms with E-state index in [4.69, 9.17) is 9.47 Å². The summed E-state index contributed by atoms with van der Waals surface area (Å²) in [5.74, 6) is 0.0579. The van der Waals surface area contributed by atoms with E-state index in [1.54, 1.807) is 29.2 Å². The average molecular weight is 601 g/mol. The summed E-state index contributed by atoms with van der Waals surface area (Å²) in [4.78, 5) is 28.1. The summed E-state index contributed by atoms with van der Waals surface area (Å²) in [7, 11) is -3.93. The van der Waals surface area contributed by atoms with E-state index in [1.807, 2.05) is 71.0 Å². The molecule has 0 atom stereocenters. The number of fused-ring (bicyclic) bond motifs is 2. The molecule has 2 amide bonds. The van der Waals surface area contributed by atoms with Gasteiger partial charge < -0.3 is 14.4 Å². The number of amides is 2. The monoisotopic (exact) mass is 600 g/mol. The highest BCUT2D eigenvalue weighted by Gasteiger charge is 2.36. The molecule has 0 unspecified atom stereocenters. The highest BCUT2D eigenvalue weighted by atomic mass is 32.2. The second-order valence-electron chi connectivity index (χ2n) is 10.8. The first-order valence-electron chi connectivity index (χ1n) is 14.4. The fourth-order valence-electron chi connectivity index (χ4n) is 5.87. The number of nitrogens with zero attached hydrogens (tertiary/aromatic N) is 1. The zero-order chi connectivity index (χ0) is 30.9. The number of sulfonamides is 1. The molecule has 1 aliphatic heterocycles. The normalized spacial score (nSPS) is 12.9. The van der Waals surface area contributed by atoms with Gasteiger partial charge in [-0.25, -0.2) is 8.42 Å². The SMILES string of the molecule is CCOc1c2c(c(OCC)c3ccccc13)C(=O)N(c1ccc(CS(=O)(=O)NC(=O)Cc3c(C)cc(C)cc3C)cc1)C2. The largest absolute Gasteiger partial charge is 0.493 e. The molecule has 1 heterocycles. The Kier molecular flexibility index (Phi) is 8.46. The van der Waals surface area contributed by atoms with E-state index in [9.17, 15) is 18.0 Å². The first-order chi connectivity index (χ1) is 20.5. The van der Waals surface area contributed by atoms with E-state index >= 15 is 0 Å². The molecular weight excluding hydrogens is 564 g/mol. The maximum Gasteiger partial charge on any atom is 0.262 e. The number of carbonyl (C=O) groups excluding carboxylic acids is 2. The van der Waals surface area contributed by atoms with Crippen molar-refractivity contribution in [2.75, 3.05) is 18.1 Å². The van der Waals surface area contributed by atoms with Gasteiger partial charge in [0.15, 0.2) is 0 Å². The van der Waals surface area contributed by atoms with Crippen molar-refractivity contribution < 1.29 is 27.5 Å². The molecule has 0 saturated carbocycles. The van der Waals surface area contributed by atoms with Crippen LogP contribution in [0, 0.1) is 20.8 Å². The van der Waals surface area contributed by atoms with Crippen molar-refractivity contribution in [3.63, 3.8) is 0 Å². The molecule has 4 aromatic rings. The number of ether oxygens (including phenoxy) is 2. The van der Waals surface area contributed by atoms with Crippen LogP contribution < -0.4 is 19.1 Å². The van der Waals surface area contributed by atoms with E-state index < -0.39 is 15.9 Å². The molecule has 0 radical (unpaired) electrons. The minimum Gasteiger partial charge on any atom is -0.493 e. The molecule has 224 valence electrons. The zero-order valence-electron chi connectivity index (χ0n) is 25.1. The minimum atomic E-state index is -3.93. The lowest BCUT2D eigenvalue weighted by molar-refractivity contribution is -0.118. The average Bonchev–Trinajstić information content (AvgIpc) is 3.29. The summed E-state index contributed by atoms with van der Waals surface area (Å²) in [6.45, 7) is 10.8. The molecule has 1 aliphatic rings. The number of rotatable bonds is 10. The zero-order valence-corrected chi connectivity index (χ0v) is 25.9. The second-order valence-corrected chi connectivity index (χ2v) is 12.5. The Hall–Kier alpha value is -4.37. The summed E-state index contributed by atoms with van der Waals surface area (Å²) in [6.07, 6.45) is -0.0176. The standard InChI is InChI=1S/C34H36N2O6S/c1-6-41-32-26-10-8-9-11-27(26)33(42-7-2)31-29(32)19-36(34(31)38)25-14-12-24(13-15-25)20-43(39,40)35-30(37)18-28-22(4)16-21(3)17-23(28)5/h8-17H,6-7,18-20H2,1-5H3,(H,35,37). The number of carbonyl (C=O) groups is 2. The van der Waals surface area contributed by atoms with Gasteiger partial charge in [0.05, 0.1) is 37.5 Å². The lowest BCUT2D eigenvalue weighted by Gasteiger charge is -2.17. The molecule has 0 aliphatic carbocycles. The molecule has 1 N–H and O–H groups in total. The predicted molar refractivity (Wildman–Crippen MR) is 168 cm³/mol. The van der Waals surface area contributed by atoms with Gasteiger partial charge in [0.1, 0.15) is 11.5 Å². The molecule has 43 heavy (non-hydrogen) atoms.